The summed E-state index contributed by atoms with van der Waals surface area (Å²) in [6, 6.07) is 2.17. The third kappa shape index (κ3) is 2.96. The van der Waals surface area contributed by atoms with Gasteiger partial charge in [-0.25, -0.2) is 4.98 Å². The van der Waals surface area contributed by atoms with E-state index >= 15 is 0 Å². The Bertz CT molecular complexity index is 485. The summed E-state index contributed by atoms with van der Waals surface area (Å²) < 4.78 is 2.20. The Morgan fingerprint density at radius 1 is 1.35 bits per heavy atom. The van der Waals surface area contributed by atoms with Gasteiger partial charge in [0.15, 0.2) is 0 Å². The van der Waals surface area contributed by atoms with Crippen molar-refractivity contribution in [1.82, 2.24) is 14.9 Å². The van der Waals surface area contributed by atoms with Gasteiger partial charge in [-0.15, -0.1) is 11.3 Å². The summed E-state index contributed by atoms with van der Waals surface area (Å²) in [6.45, 7) is 9.26. The molecule has 3 nitrogen and oxygen atoms in total. The molecule has 4 heteroatoms. The normalized spacial score (nSPS) is 11.0. The minimum Gasteiger partial charge on any atom is -0.333 e. The molecule has 0 atom stereocenters. The standard InChI is InChI=1S/C13H19N3S/c1-10-4-7-17-13(10)8-14-5-6-16-9-15-11(2)12(16)3/h4,7,9,14H,5-6,8H2,1-3H3. The summed E-state index contributed by atoms with van der Waals surface area (Å²) in [4.78, 5) is 5.73. The molecular weight excluding hydrogens is 230 g/mol. The highest BCUT2D eigenvalue weighted by Crippen LogP contribution is 2.14. The van der Waals surface area contributed by atoms with Crippen LogP contribution in [0, 0.1) is 20.8 Å². The Morgan fingerprint density at radius 3 is 2.76 bits per heavy atom. The van der Waals surface area contributed by atoms with Gasteiger partial charge in [0, 0.05) is 30.2 Å². The molecule has 0 saturated carbocycles. The largest absolute Gasteiger partial charge is 0.333 e. The number of nitrogens with one attached hydrogen (secondary N) is 1. The molecule has 0 bridgehead atoms. The molecule has 0 aliphatic carbocycles. The van der Waals surface area contributed by atoms with Gasteiger partial charge in [-0.1, -0.05) is 0 Å². The molecule has 0 amide bonds. The summed E-state index contributed by atoms with van der Waals surface area (Å²) in [7, 11) is 0. The van der Waals surface area contributed by atoms with Gasteiger partial charge < -0.3 is 9.88 Å². The van der Waals surface area contributed by atoms with Gasteiger partial charge in [0.05, 0.1) is 12.0 Å². The van der Waals surface area contributed by atoms with Crippen molar-refractivity contribution in [3.63, 3.8) is 0 Å². The van der Waals surface area contributed by atoms with Crippen LogP contribution in [0.3, 0.4) is 0 Å². The maximum atomic E-state index is 4.30. The van der Waals surface area contributed by atoms with Gasteiger partial charge in [-0.2, -0.15) is 0 Å². The van der Waals surface area contributed by atoms with E-state index in [2.05, 4.69) is 40.2 Å². The van der Waals surface area contributed by atoms with Gasteiger partial charge in [-0.05, 0) is 37.8 Å². The average Bonchev–Trinajstić information content (AvgIpc) is 2.85. The van der Waals surface area contributed by atoms with E-state index in [0.717, 1.165) is 25.3 Å². The average molecular weight is 249 g/mol. The zero-order chi connectivity index (χ0) is 12.3. The SMILES string of the molecule is Cc1ccsc1CNCCn1cnc(C)c1C. The minimum atomic E-state index is 0.968. The first-order valence-corrected chi connectivity index (χ1v) is 6.78. The molecule has 0 fully saturated rings. The Kier molecular flexibility index (Phi) is 3.97. The summed E-state index contributed by atoms with van der Waals surface area (Å²) in [5.74, 6) is 0. The lowest BCUT2D eigenvalue weighted by Crippen LogP contribution is -2.19. The van der Waals surface area contributed by atoms with Crippen LogP contribution < -0.4 is 5.32 Å². The molecule has 0 radical (unpaired) electrons. The molecule has 92 valence electrons. The summed E-state index contributed by atoms with van der Waals surface area (Å²) in [5.41, 5.74) is 3.77. The fourth-order valence-electron chi connectivity index (χ4n) is 1.76. The quantitative estimate of drug-likeness (QED) is 0.826. The Morgan fingerprint density at radius 2 is 2.18 bits per heavy atom. The number of hydrogen-bond acceptors (Lipinski definition) is 3. The van der Waals surface area contributed by atoms with E-state index in [1.807, 2.05) is 24.6 Å². The van der Waals surface area contributed by atoms with E-state index in [1.165, 1.54) is 16.1 Å². The summed E-state index contributed by atoms with van der Waals surface area (Å²) in [5, 5.41) is 5.62. The fraction of sp³-hybridized carbons (Fsp3) is 0.462. The van der Waals surface area contributed by atoms with Crippen molar-refractivity contribution in [2.75, 3.05) is 6.54 Å². The zero-order valence-electron chi connectivity index (χ0n) is 10.7. The van der Waals surface area contributed by atoms with E-state index in [4.69, 9.17) is 0 Å². The molecule has 0 aromatic carbocycles. The second kappa shape index (κ2) is 5.47. The van der Waals surface area contributed by atoms with Crippen LogP contribution in [0.2, 0.25) is 0 Å². The van der Waals surface area contributed by atoms with Crippen molar-refractivity contribution >= 4 is 11.3 Å². The predicted molar refractivity (Wildman–Crippen MR) is 72.5 cm³/mol. The molecule has 2 aromatic heterocycles. The van der Waals surface area contributed by atoms with Crippen LogP contribution >= 0.6 is 11.3 Å². The van der Waals surface area contributed by atoms with Crippen LogP contribution in [0.5, 0.6) is 0 Å². The fourth-order valence-corrected chi connectivity index (χ4v) is 2.63. The third-order valence-electron chi connectivity index (χ3n) is 3.13. The first kappa shape index (κ1) is 12.3. The lowest BCUT2D eigenvalue weighted by molar-refractivity contribution is 0.591. The van der Waals surface area contributed by atoms with Crippen molar-refractivity contribution < 1.29 is 0 Å². The molecule has 0 aliphatic heterocycles. The highest BCUT2D eigenvalue weighted by atomic mass is 32.1. The van der Waals surface area contributed by atoms with Crippen LogP contribution in [0.4, 0.5) is 0 Å². The molecule has 0 unspecified atom stereocenters. The molecule has 0 saturated heterocycles. The molecule has 1 N–H and O–H groups in total. The predicted octanol–water partition coefficient (Wildman–Crippen LogP) is 2.66. The first-order chi connectivity index (χ1) is 8.18. The van der Waals surface area contributed by atoms with Crippen molar-refractivity contribution in [3.8, 4) is 0 Å². The van der Waals surface area contributed by atoms with Gasteiger partial charge in [0.1, 0.15) is 0 Å². The minimum absolute atomic E-state index is 0.968. The van der Waals surface area contributed by atoms with Crippen LogP contribution in [-0.2, 0) is 13.1 Å². The van der Waals surface area contributed by atoms with E-state index < -0.39 is 0 Å². The monoisotopic (exact) mass is 249 g/mol. The van der Waals surface area contributed by atoms with E-state index in [-0.39, 0.29) is 0 Å². The number of aromatic nitrogens is 2. The molecule has 0 aliphatic rings. The topological polar surface area (TPSA) is 29.9 Å². The molecule has 2 rings (SSSR count). The Balaban J connectivity index is 1.77. The van der Waals surface area contributed by atoms with Crippen molar-refractivity contribution in [2.24, 2.45) is 0 Å². The number of nitrogens with zero attached hydrogens (tertiary/aromatic N) is 2. The van der Waals surface area contributed by atoms with Crippen LogP contribution in [0.1, 0.15) is 21.8 Å². The van der Waals surface area contributed by atoms with E-state index in [1.54, 1.807) is 0 Å². The van der Waals surface area contributed by atoms with Gasteiger partial charge in [0.25, 0.3) is 0 Å². The second-order valence-corrected chi connectivity index (χ2v) is 5.31. The maximum Gasteiger partial charge on any atom is 0.0951 e. The number of imidazole rings is 1. The van der Waals surface area contributed by atoms with Crippen LogP contribution in [0.25, 0.3) is 0 Å². The number of rotatable bonds is 5. The summed E-state index contributed by atoms with van der Waals surface area (Å²) in [6.07, 6.45) is 1.92. The highest BCUT2D eigenvalue weighted by molar-refractivity contribution is 7.10. The van der Waals surface area contributed by atoms with Crippen molar-refractivity contribution in [1.29, 1.82) is 0 Å². The lowest BCUT2D eigenvalue weighted by Gasteiger charge is -2.07. The van der Waals surface area contributed by atoms with E-state index in [0.29, 0.717) is 0 Å². The van der Waals surface area contributed by atoms with Crippen LogP contribution in [0.15, 0.2) is 17.8 Å². The van der Waals surface area contributed by atoms with E-state index in [9.17, 15) is 0 Å². The maximum absolute atomic E-state index is 4.30. The lowest BCUT2D eigenvalue weighted by atomic mass is 10.3. The Labute approximate surface area is 107 Å². The molecule has 17 heavy (non-hydrogen) atoms. The van der Waals surface area contributed by atoms with Gasteiger partial charge >= 0.3 is 0 Å². The highest BCUT2D eigenvalue weighted by Gasteiger charge is 2.02. The number of aryl methyl sites for hydroxylation is 2. The molecule has 2 heterocycles. The second-order valence-electron chi connectivity index (χ2n) is 4.31. The molecular formula is C13H19N3S. The van der Waals surface area contributed by atoms with Crippen LogP contribution in [-0.4, -0.2) is 16.1 Å². The zero-order valence-corrected chi connectivity index (χ0v) is 11.5. The first-order valence-electron chi connectivity index (χ1n) is 5.90. The number of hydrogen-bond donors (Lipinski definition) is 1. The third-order valence-corrected chi connectivity index (χ3v) is 4.15. The smallest absolute Gasteiger partial charge is 0.0951 e. The van der Waals surface area contributed by atoms with Crippen molar-refractivity contribution in [3.05, 3.63) is 39.6 Å². The number of thiophene rings is 1. The summed E-state index contributed by atoms with van der Waals surface area (Å²) >= 11 is 1.82. The van der Waals surface area contributed by atoms with Gasteiger partial charge in [-0.3, -0.25) is 0 Å². The van der Waals surface area contributed by atoms with Crippen molar-refractivity contribution in [2.45, 2.75) is 33.9 Å². The Hall–Kier alpha value is -1.13. The molecule has 0 spiro atoms. The van der Waals surface area contributed by atoms with Gasteiger partial charge in [0.2, 0.25) is 0 Å². The molecule has 2 aromatic rings.